The molecule has 1 amide bonds. The lowest BCUT2D eigenvalue weighted by Crippen LogP contribution is -2.42. The molecule has 20 heavy (non-hydrogen) atoms. The molecule has 2 rings (SSSR count). The molecule has 0 saturated heterocycles. The fourth-order valence-electron chi connectivity index (χ4n) is 1.99. The van der Waals surface area contributed by atoms with Crippen LogP contribution in [0, 0.1) is 0 Å². The first-order valence-electron chi connectivity index (χ1n) is 6.24. The number of aryl methyl sites for hydroxylation is 1. The van der Waals surface area contributed by atoms with Crippen LogP contribution < -0.4 is 5.32 Å². The number of nitrogens with one attached hydrogen (secondary N) is 1. The van der Waals surface area contributed by atoms with Crippen LogP contribution in [0.2, 0.25) is 0 Å². The van der Waals surface area contributed by atoms with Crippen molar-refractivity contribution in [1.82, 2.24) is 9.88 Å². The first-order chi connectivity index (χ1) is 9.61. The number of fused-ring (bicyclic) bond motifs is 1. The molecule has 0 radical (unpaired) electrons. The molecule has 0 aliphatic heterocycles. The number of carboxylic acid groups (broad SMARTS) is 1. The van der Waals surface area contributed by atoms with Crippen molar-refractivity contribution < 1.29 is 19.1 Å². The van der Waals surface area contributed by atoms with Gasteiger partial charge in [-0.25, -0.2) is 9.18 Å². The number of halogens is 1. The lowest BCUT2D eigenvalue weighted by Gasteiger charge is -2.11. The van der Waals surface area contributed by atoms with E-state index < -0.39 is 24.6 Å². The zero-order valence-corrected chi connectivity index (χ0v) is 10.8. The van der Waals surface area contributed by atoms with Gasteiger partial charge < -0.3 is 15.0 Å². The number of amides is 1. The van der Waals surface area contributed by atoms with Crippen LogP contribution in [0.3, 0.4) is 0 Å². The smallest absolute Gasteiger partial charge is 0.328 e. The van der Waals surface area contributed by atoms with Crippen LogP contribution in [0.1, 0.15) is 6.42 Å². The van der Waals surface area contributed by atoms with Crippen LogP contribution in [0.15, 0.2) is 36.5 Å². The lowest BCUT2D eigenvalue weighted by atomic mass is 10.2. The number of para-hydroxylation sites is 1. The summed E-state index contributed by atoms with van der Waals surface area (Å²) in [6, 6.07) is 8.21. The minimum absolute atomic E-state index is 0.0997. The Bertz CT molecular complexity index is 624. The first kappa shape index (κ1) is 14.0. The molecule has 0 bridgehead atoms. The summed E-state index contributed by atoms with van der Waals surface area (Å²) in [4.78, 5) is 22.2. The monoisotopic (exact) mass is 278 g/mol. The van der Waals surface area contributed by atoms with Gasteiger partial charge in [0.1, 0.15) is 6.67 Å². The van der Waals surface area contributed by atoms with Gasteiger partial charge in [0, 0.05) is 24.7 Å². The minimum atomic E-state index is -1.47. The summed E-state index contributed by atoms with van der Waals surface area (Å²) in [6.07, 6.45) is 1.96. The highest BCUT2D eigenvalue weighted by atomic mass is 19.1. The van der Waals surface area contributed by atoms with Gasteiger partial charge in [0.25, 0.3) is 0 Å². The molecular formula is C14H15FN2O3. The number of alkyl halides is 1. The molecule has 1 heterocycles. The molecule has 1 unspecified atom stereocenters. The summed E-state index contributed by atoms with van der Waals surface area (Å²) < 4.78 is 14.3. The highest BCUT2D eigenvalue weighted by Gasteiger charge is 2.19. The maximum Gasteiger partial charge on any atom is 0.328 e. The van der Waals surface area contributed by atoms with Gasteiger partial charge in [-0.2, -0.15) is 0 Å². The number of rotatable bonds is 6. The molecule has 0 aliphatic rings. The highest BCUT2D eigenvalue weighted by molar-refractivity contribution is 5.84. The van der Waals surface area contributed by atoms with Gasteiger partial charge in [-0.1, -0.05) is 18.2 Å². The van der Waals surface area contributed by atoms with Crippen LogP contribution in [0.25, 0.3) is 10.9 Å². The van der Waals surface area contributed by atoms with E-state index in [0.29, 0.717) is 6.54 Å². The van der Waals surface area contributed by atoms with Crippen LogP contribution >= 0.6 is 0 Å². The van der Waals surface area contributed by atoms with E-state index in [2.05, 4.69) is 5.32 Å². The van der Waals surface area contributed by atoms with Crippen LogP contribution in [0.5, 0.6) is 0 Å². The van der Waals surface area contributed by atoms with Gasteiger partial charge >= 0.3 is 5.97 Å². The normalized spacial score (nSPS) is 12.2. The van der Waals surface area contributed by atoms with Crippen molar-refractivity contribution in [2.75, 3.05) is 6.67 Å². The van der Waals surface area contributed by atoms with Crippen molar-refractivity contribution in [3.05, 3.63) is 36.5 Å². The number of nitrogens with zero attached hydrogens (tertiary/aromatic N) is 1. The molecule has 6 heteroatoms. The summed E-state index contributed by atoms with van der Waals surface area (Å²) >= 11 is 0. The predicted octanol–water partition coefficient (Wildman–Crippen LogP) is 1.57. The highest BCUT2D eigenvalue weighted by Crippen LogP contribution is 2.15. The maximum absolute atomic E-state index is 12.4. The van der Waals surface area contributed by atoms with Crippen molar-refractivity contribution >= 4 is 22.8 Å². The van der Waals surface area contributed by atoms with Crippen molar-refractivity contribution in [3.8, 4) is 0 Å². The fraction of sp³-hybridized carbons (Fsp3) is 0.286. The van der Waals surface area contributed by atoms with Crippen LogP contribution in [-0.4, -0.2) is 34.3 Å². The number of hydrogen-bond donors (Lipinski definition) is 2. The number of benzene rings is 1. The number of hydrogen-bond acceptors (Lipinski definition) is 2. The quantitative estimate of drug-likeness (QED) is 0.842. The van der Waals surface area contributed by atoms with Crippen molar-refractivity contribution in [2.45, 2.75) is 19.0 Å². The molecule has 106 valence electrons. The molecule has 0 spiro atoms. The second-order valence-corrected chi connectivity index (χ2v) is 4.43. The molecule has 2 aromatic rings. The molecule has 5 nitrogen and oxygen atoms in total. The van der Waals surface area contributed by atoms with Crippen molar-refractivity contribution in [2.24, 2.45) is 0 Å². The van der Waals surface area contributed by atoms with Crippen molar-refractivity contribution in [1.29, 1.82) is 0 Å². The summed E-state index contributed by atoms with van der Waals surface area (Å²) in [5, 5.41) is 11.9. The fourth-order valence-corrected chi connectivity index (χ4v) is 1.99. The van der Waals surface area contributed by atoms with Crippen LogP contribution in [-0.2, 0) is 16.1 Å². The lowest BCUT2D eigenvalue weighted by molar-refractivity contribution is -0.142. The molecule has 0 saturated carbocycles. The van der Waals surface area contributed by atoms with Gasteiger partial charge in [0.2, 0.25) is 5.91 Å². The standard InChI is InChI=1S/C14H15FN2O3/c15-9-11(14(19)20)16-13(18)6-8-17-7-5-10-3-1-2-4-12(10)17/h1-5,7,11H,6,8-9H2,(H,16,18)(H,19,20). The molecular weight excluding hydrogens is 263 g/mol. The second-order valence-electron chi connectivity index (χ2n) is 4.43. The Morgan fingerprint density at radius 2 is 2.05 bits per heavy atom. The van der Waals surface area contributed by atoms with Gasteiger partial charge in [-0.3, -0.25) is 4.79 Å². The van der Waals surface area contributed by atoms with E-state index in [1.807, 2.05) is 41.1 Å². The van der Waals surface area contributed by atoms with Gasteiger partial charge in [-0.15, -0.1) is 0 Å². The zero-order chi connectivity index (χ0) is 14.5. The maximum atomic E-state index is 12.4. The number of aliphatic carboxylic acids is 1. The Balaban J connectivity index is 1.95. The van der Waals surface area contributed by atoms with E-state index in [0.717, 1.165) is 10.9 Å². The van der Waals surface area contributed by atoms with E-state index >= 15 is 0 Å². The molecule has 1 aromatic carbocycles. The zero-order valence-electron chi connectivity index (χ0n) is 10.8. The largest absolute Gasteiger partial charge is 0.480 e. The summed E-state index contributed by atoms with van der Waals surface area (Å²) in [5.41, 5.74) is 1.00. The predicted molar refractivity (Wildman–Crippen MR) is 72.1 cm³/mol. The number of carbonyl (C=O) groups excluding carboxylic acids is 1. The van der Waals surface area contributed by atoms with E-state index in [-0.39, 0.29) is 6.42 Å². The third kappa shape index (κ3) is 3.14. The Morgan fingerprint density at radius 1 is 1.30 bits per heavy atom. The van der Waals surface area contributed by atoms with Crippen molar-refractivity contribution in [3.63, 3.8) is 0 Å². The summed E-state index contributed by atoms with van der Waals surface area (Å²) in [6.45, 7) is -0.703. The summed E-state index contributed by atoms with van der Waals surface area (Å²) in [5.74, 6) is -1.85. The van der Waals surface area contributed by atoms with Gasteiger partial charge in [0.15, 0.2) is 6.04 Å². The van der Waals surface area contributed by atoms with E-state index in [9.17, 15) is 14.0 Å². The first-order valence-corrected chi connectivity index (χ1v) is 6.24. The molecule has 0 fully saturated rings. The van der Waals surface area contributed by atoms with Gasteiger partial charge in [-0.05, 0) is 17.5 Å². The third-order valence-corrected chi connectivity index (χ3v) is 3.05. The average molecular weight is 278 g/mol. The molecule has 2 N–H and O–H groups in total. The Morgan fingerprint density at radius 3 is 2.75 bits per heavy atom. The number of aromatic nitrogens is 1. The average Bonchev–Trinajstić information content (AvgIpc) is 2.85. The van der Waals surface area contributed by atoms with E-state index in [4.69, 9.17) is 5.11 Å². The number of carbonyl (C=O) groups is 2. The SMILES string of the molecule is O=C(CCn1ccc2ccccc21)NC(CF)C(=O)O. The minimum Gasteiger partial charge on any atom is -0.480 e. The Labute approximate surface area is 115 Å². The third-order valence-electron chi connectivity index (χ3n) is 3.05. The Hall–Kier alpha value is -2.37. The summed E-state index contributed by atoms with van der Waals surface area (Å²) in [7, 11) is 0. The number of carboxylic acids is 1. The topological polar surface area (TPSA) is 71.3 Å². The van der Waals surface area contributed by atoms with Crippen LogP contribution in [0.4, 0.5) is 4.39 Å². The Kier molecular flexibility index (Phi) is 4.34. The molecule has 1 atom stereocenters. The van der Waals surface area contributed by atoms with E-state index in [1.165, 1.54) is 0 Å². The van der Waals surface area contributed by atoms with Gasteiger partial charge in [0.05, 0.1) is 0 Å². The molecule has 0 aliphatic carbocycles. The second kappa shape index (κ2) is 6.18. The van der Waals surface area contributed by atoms with E-state index in [1.54, 1.807) is 0 Å². The molecule has 1 aromatic heterocycles.